The standard InChI is InChI=1S/C18H20ClNO2/c1-13-6-5-9-16(17(13)19)18(22)20-12-15(10-11-21)14-7-3-2-4-8-14/h2-9,15,21H,10-12H2,1H3,(H,20,22). The molecule has 22 heavy (non-hydrogen) atoms. The van der Waals surface area contributed by atoms with Crippen molar-refractivity contribution in [3.8, 4) is 0 Å². The minimum absolute atomic E-state index is 0.0822. The number of benzene rings is 2. The van der Waals surface area contributed by atoms with Crippen LogP contribution in [-0.4, -0.2) is 24.2 Å². The number of aliphatic hydroxyl groups excluding tert-OH is 1. The van der Waals surface area contributed by atoms with Gasteiger partial charge in [-0.3, -0.25) is 4.79 Å². The first kappa shape index (κ1) is 16.5. The van der Waals surface area contributed by atoms with Crippen LogP contribution in [0.1, 0.15) is 33.8 Å². The Kier molecular flexibility index (Phi) is 5.99. The maximum atomic E-state index is 12.3. The van der Waals surface area contributed by atoms with E-state index in [2.05, 4.69) is 5.32 Å². The van der Waals surface area contributed by atoms with Gasteiger partial charge in [0.05, 0.1) is 10.6 Å². The average molecular weight is 318 g/mol. The van der Waals surface area contributed by atoms with Gasteiger partial charge in [-0.1, -0.05) is 54.1 Å². The summed E-state index contributed by atoms with van der Waals surface area (Å²) in [5.74, 6) is -0.105. The van der Waals surface area contributed by atoms with E-state index in [1.54, 1.807) is 6.07 Å². The molecule has 1 atom stereocenters. The lowest BCUT2D eigenvalue weighted by atomic mass is 9.96. The number of nitrogens with one attached hydrogen (secondary N) is 1. The van der Waals surface area contributed by atoms with Gasteiger partial charge in [0.15, 0.2) is 0 Å². The van der Waals surface area contributed by atoms with Crippen molar-refractivity contribution >= 4 is 17.5 Å². The first-order chi connectivity index (χ1) is 10.6. The maximum absolute atomic E-state index is 12.3. The molecule has 1 unspecified atom stereocenters. The molecule has 0 fully saturated rings. The maximum Gasteiger partial charge on any atom is 0.252 e. The third-order valence-electron chi connectivity index (χ3n) is 3.69. The Morgan fingerprint density at radius 1 is 1.18 bits per heavy atom. The molecule has 116 valence electrons. The van der Waals surface area contributed by atoms with Crippen LogP contribution in [0.25, 0.3) is 0 Å². The van der Waals surface area contributed by atoms with Gasteiger partial charge in [-0.2, -0.15) is 0 Å². The summed E-state index contributed by atoms with van der Waals surface area (Å²) in [6.07, 6.45) is 0.603. The molecule has 0 radical (unpaired) electrons. The minimum atomic E-state index is -0.187. The van der Waals surface area contributed by atoms with Crippen LogP contribution in [-0.2, 0) is 0 Å². The number of hydrogen-bond acceptors (Lipinski definition) is 2. The van der Waals surface area contributed by atoms with Crippen LogP contribution in [0.4, 0.5) is 0 Å². The lowest BCUT2D eigenvalue weighted by Crippen LogP contribution is -2.29. The summed E-state index contributed by atoms with van der Waals surface area (Å²) in [4.78, 5) is 12.3. The number of amides is 1. The number of halogens is 1. The van der Waals surface area contributed by atoms with E-state index in [1.165, 1.54) is 0 Å². The van der Waals surface area contributed by atoms with E-state index in [1.807, 2.05) is 49.4 Å². The zero-order chi connectivity index (χ0) is 15.9. The minimum Gasteiger partial charge on any atom is -0.396 e. The molecule has 0 spiro atoms. The summed E-state index contributed by atoms with van der Waals surface area (Å²) in [5.41, 5.74) is 2.47. The normalized spacial score (nSPS) is 12.0. The Labute approximate surface area is 135 Å². The molecule has 0 saturated heterocycles. The predicted molar refractivity (Wildman–Crippen MR) is 89.4 cm³/mol. The number of aryl methyl sites for hydroxylation is 1. The average Bonchev–Trinajstić information content (AvgIpc) is 2.54. The van der Waals surface area contributed by atoms with Gasteiger partial charge < -0.3 is 10.4 Å². The predicted octanol–water partition coefficient (Wildman–Crippen LogP) is 3.54. The van der Waals surface area contributed by atoms with Gasteiger partial charge in [0, 0.05) is 19.1 Å². The van der Waals surface area contributed by atoms with Crippen molar-refractivity contribution in [2.75, 3.05) is 13.2 Å². The molecule has 0 saturated carbocycles. The fraction of sp³-hybridized carbons (Fsp3) is 0.278. The molecule has 0 aromatic heterocycles. The molecule has 3 nitrogen and oxygen atoms in total. The number of rotatable bonds is 6. The first-order valence-electron chi connectivity index (χ1n) is 7.32. The van der Waals surface area contributed by atoms with E-state index < -0.39 is 0 Å². The van der Waals surface area contributed by atoms with E-state index >= 15 is 0 Å². The fourth-order valence-corrected chi connectivity index (χ4v) is 2.61. The van der Waals surface area contributed by atoms with Crippen molar-refractivity contribution in [2.45, 2.75) is 19.3 Å². The molecule has 2 rings (SSSR count). The second kappa shape index (κ2) is 7.97. The van der Waals surface area contributed by atoms with E-state index in [4.69, 9.17) is 11.6 Å². The molecule has 0 bridgehead atoms. The molecule has 0 heterocycles. The van der Waals surface area contributed by atoms with Crippen LogP contribution in [0.2, 0.25) is 5.02 Å². The van der Waals surface area contributed by atoms with Crippen molar-refractivity contribution in [3.05, 3.63) is 70.2 Å². The molecule has 2 N–H and O–H groups in total. The fourth-order valence-electron chi connectivity index (χ4n) is 2.40. The molecular formula is C18H20ClNO2. The zero-order valence-electron chi connectivity index (χ0n) is 12.6. The molecule has 0 aliphatic carbocycles. The van der Waals surface area contributed by atoms with Crippen molar-refractivity contribution in [1.82, 2.24) is 5.32 Å². The van der Waals surface area contributed by atoms with Crippen LogP contribution in [0.15, 0.2) is 48.5 Å². The van der Waals surface area contributed by atoms with Crippen LogP contribution >= 0.6 is 11.6 Å². The lowest BCUT2D eigenvalue weighted by Gasteiger charge is -2.17. The Morgan fingerprint density at radius 2 is 1.91 bits per heavy atom. The summed E-state index contributed by atoms with van der Waals surface area (Å²) in [5, 5.41) is 12.6. The molecule has 0 aliphatic rings. The Balaban J connectivity index is 2.06. The van der Waals surface area contributed by atoms with E-state index in [-0.39, 0.29) is 18.4 Å². The van der Waals surface area contributed by atoms with Crippen molar-refractivity contribution in [3.63, 3.8) is 0 Å². The van der Waals surface area contributed by atoms with E-state index in [0.717, 1.165) is 11.1 Å². The summed E-state index contributed by atoms with van der Waals surface area (Å²) in [6.45, 7) is 2.42. The summed E-state index contributed by atoms with van der Waals surface area (Å²) in [7, 11) is 0. The number of carbonyl (C=O) groups is 1. The van der Waals surface area contributed by atoms with Crippen molar-refractivity contribution in [2.24, 2.45) is 0 Å². The molecule has 2 aromatic rings. The first-order valence-corrected chi connectivity index (χ1v) is 7.70. The smallest absolute Gasteiger partial charge is 0.252 e. The molecule has 0 aliphatic heterocycles. The van der Waals surface area contributed by atoms with Gasteiger partial charge in [0.2, 0.25) is 0 Å². The van der Waals surface area contributed by atoms with Gasteiger partial charge in [-0.05, 0) is 30.5 Å². The second-order valence-electron chi connectivity index (χ2n) is 5.27. The molecular weight excluding hydrogens is 298 g/mol. The van der Waals surface area contributed by atoms with Gasteiger partial charge in [-0.15, -0.1) is 0 Å². The number of aliphatic hydroxyl groups is 1. The quantitative estimate of drug-likeness (QED) is 0.856. The van der Waals surface area contributed by atoms with Crippen LogP contribution < -0.4 is 5.32 Å². The van der Waals surface area contributed by atoms with E-state index in [9.17, 15) is 9.90 Å². The van der Waals surface area contributed by atoms with Gasteiger partial charge in [0.1, 0.15) is 0 Å². The van der Waals surface area contributed by atoms with Crippen molar-refractivity contribution < 1.29 is 9.90 Å². The van der Waals surface area contributed by atoms with Gasteiger partial charge >= 0.3 is 0 Å². The second-order valence-corrected chi connectivity index (χ2v) is 5.64. The third kappa shape index (κ3) is 4.09. The largest absolute Gasteiger partial charge is 0.396 e. The van der Waals surface area contributed by atoms with Gasteiger partial charge in [-0.25, -0.2) is 0 Å². The third-order valence-corrected chi connectivity index (χ3v) is 4.20. The van der Waals surface area contributed by atoms with Crippen molar-refractivity contribution in [1.29, 1.82) is 0 Å². The Bertz CT molecular complexity index is 628. The highest BCUT2D eigenvalue weighted by atomic mass is 35.5. The van der Waals surface area contributed by atoms with E-state index in [0.29, 0.717) is 23.6 Å². The summed E-state index contributed by atoms with van der Waals surface area (Å²) < 4.78 is 0. The lowest BCUT2D eigenvalue weighted by molar-refractivity contribution is 0.0949. The molecule has 2 aromatic carbocycles. The number of carbonyl (C=O) groups excluding carboxylic acids is 1. The zero-order valence-corrected chi connectivity index (χ0v) is 13.3. The molecule has 1 amide bonds. The Hall–Kier alpha value is -1.84. The molecule has 4 heteroatoms. The van der Waals surface area contributed by atoms with Crippen LogP contribution in [0.3, 0.4) is 0 Å². The van der Waals surface area contributed by atoms with Crippen LogP contribution in [0.5, 0.6) is 0 Å². The highest BCUT2D eigenvalue weighted by Gasteiger charge is 2.15. The topological polar surface area (TPSA) is 49.3 Å². The number of hydrogen-bond donors (Lipinski definition) is 2. The van der Waals surface area contributed by atoms with Gasteiger partial charge in [0.25, 0.3) is 5.91 Å². The highest BCUT2D eigenvalue weighted by molar-refractivity contribution is 6.34. The Morgan fingerprint density at radius 3 is 2.59 bits per heavy atom. The summed E-state index contributed by atoms with van der Waals surface area (Å²) >= 11 is 6.18. The summed E-state index contributed by atoms with van der Waals surface area (Å²) in [6, 6.07) is 15.3. The highest BCUT2D eigenvalue weighted by Crippen LogP contribution is 2.21. The SMILES string of the molecule is Cc1cccc(C(=O)NCC(CCO)c2ccccc2)c1Cl. The van der Waals surface area contributed by atoms with Crippen LogP contribution in [0, 0.1) is 6.92 Å². The monoisotopic (exact) mass is 317 g/mol.